The van der Waals surface area contributed by atoms with Gasteiger partial charge in [0.15, 0.2) is 11.5 Å². The zero-order valence-electron chi connectivity index (χ0n) is 11.4. The quantitative estimate of drug-likeness (QED) is 0.718. The molecule has 1 fully saturated rings. The van der Waals surface area contributed by atoms with Crippen molar-refractivity contribution in [3.05, 3.63) is 23.5 Å². The summed E-state index contributed by atoms with van der Waals surface area (Å²) in [5.74, 6) is 1.48. The van der Waals surface area contributed by atoms with Crippen molar-refractivity contribution >= 4 is 15.9 Å². The van der Waals surface area contributed by atoms with Crippen LogP contribution in [0.1, 0.15) is 42.5 Å². The van der Waals surface area contributed by atoms with E-state index in [0.717, 1.165) is 6.42 Å². The van der Waals surface area contributed by atoms with Crippen LogP contribution in [0.2, 0.25) is 0 Å². The van der Waals surface area contributed by atoms with Gasteiger partial charge in [-0.05, 0) is 18.4 Å². The van der Waals surface area contributed by atoms with Crippen LogP contribution in [-0.4, -0.2) is 14.2 Å². The Balaban J connectivity index is 2.17. The van der Waals surface area contributed by atoms with Crippen LogP contribution in [0.4, 0.5) is 4.39 Å². The van der Waals surface area contributed by atoms with Crippen LogP contribution in [-0.2, 0) is 0 Å². The SMILES string of the molecule is COc1cc(F)c(C(Br)CC2CCCC2)cc1OC. The van der Waals surface area contributed by atoms with Gasteiger partial charge in [-0.15, -0.1) is 0 Å². The maximum atomic E-state index is 14.1. The van der Waals surface area contributed by atoms with Crippen LogP contribution >= 0.6 is 15.9 Å². The van der Waals surface area contributed by atoms with E-state index in [2.05, 4.69) is 15.9 Å². The molecule has 1 aliphatic carbocycles. The second kappa shape index (κ2) is 6.60. The lowest BCUT2D eigenvalue weighted by Gasteiger charge is -2.17. The number of hydrogen-bond donors (Lipinski definition) is 0. The minimum atomic E-state index is -0.238. The van der Waals surface area contributed by atoms with Crippen LogP contribution in [0.25, 0.3) is 0 Å². The molecule has 0 aliphatic heterocycles. The summed E-state index contributed by atoms with van der Waals surface area (Å²) in [5.41, 5.74) is 0.657. The summed E-state index contributed by atoms with van der Waals surface area (Å²) in [4.78, 5) is 0.0374. The van der Waals surface area contributed by atoms with E-state index in [4.69, 9.17) is 9.47 Å². The third-order valence-electron chi connectivity index (χ3n) is 3.86. The molecular weight excluding hydrogens is 311 g/mol. The molecule has 106 valence electrons. The van der Waals surface area contributed by atoms with Gasteiger partial charge in [-0.3, -0.25) is 0 Å². The normalized spacial score (nSPS) is 17.5. The van der Waals surface area contributed by atoms with Gasteiger partial charge in [0.25, 0.3) is 0 Å². The Morgan fingerprint density at radius 3 is 2.37 bits per heavy atom. The average Bonchev–Trinajstić information content (AvgIpc) is 2.90. The highest BCUT2D eigenvalue weighted by Crippen LogP contribution is 2.41. The molecule has 0 spiro atoms. The molecule has 0 aromatic heterocycles. The molecule has 0 amide bonds. The molecule has 1 unspecified atom stereocenters. The number of rotatable bonds is 5. The van der Waals surface area contributed by atoms with Crippen molar-refractivity contribution in [3.63, 3.8) is 0 Å². The molecule has 1 atom stereocenters. The first-order valence-corrected chi connectivity index (χ1v) is 7.62. The Bertz CT molecular complexity index is 430. The van der Waals surface area contributed by atoms with Gasteiger partial charge in [-0.2, -0.15) is 0 Å². The topological polar surface area (TPSA) is 18.5 Å². The van der Waals surface area contributed by atoms with Gasteiger partial charge in [0.1, 0.15) is 5.82 Å². The molecule has 1 aromatic carbocycles. The van der Waals surface area contributed by atoms with E-state index >= 15 is 0 Å². The van der Waals surface area contributed by atoms with Gasteiger partial charge < -0.3 is 9.47 Å². The summed E-state index contributed by atoms with van der Waals surface area (Å²) >= 11 is 3.62. The number of halogens is 2. The fourth-order valence-corrected chi connectivity index (χ4v) is 3.66. The molecule has 0 radical (unpaired) electrons. The summed E-state index contributed by atoms with van der Waals surface area (Å²) in [6, 6.07) is 3.14. The smallest absolute Gasteiger partial charge is 0.163 e. The summed E-state index contributed by atoms with van der Waals surface area (Å²) in [6.45, 7) is 0. The first-order chi connectivity index (χ1) is 9.15. The van der Waals surface area contributed by atoms with Crippen molar-refractivity contribution in [2.75, 3.05) is 14.2 Å². The third-order valence-corrected chi connectivity index (χ3v) is 4.72. The zero-order valence-corrected chi connectivity index (χ0v) is 13.0. The monoisotopic (exact) mass is 330 g/mol. The predicted molar refractivity (Wildman–Crippen MR) is 77.7 cm³/mol. The Hall–Kier alpha value is -0.770. The lowest BCUT2D eigenvalue weighted by molar-refractivity contribution is 0.351. The summed E-state index contributed by atoms with van der Waals surface area (Å²) < 4.78 is 24.5. The fraction of sp³-hybridized carbons (Fsp3) is 0.600. The number of ether oxygens (including phenoxy) is 2. The minimum Gasteiger partial charge on any atom is -0.493 e. The second-order valence-corrected chi connectivity index (χ2v) is 6.19. The number of benzene rings is 1. The van der Waals surface area contributed by atoms with Gasteiger partial charge in [0, 0.05) is 16.5 Å². The van der Waals surface area contributed by atoms with Crippen LogP contribution in [0.3, 0.4) is 0 Å². The van der Waals surface area contributed by atoms with E-state index in [-0.39, 0.29) is 10.6 Å². The van der Waals surface area contributed by atoms with E-state index in [1.54, 1.807) is 13.2 Å². The van der Waals surface area contributed by atoms with Crippen molar-refractivity contribution in [2.45, 2.75) is 36.9 Å². The van der Waals surface area contributed by atoms with E-state index in [1.165, 1.54) is 38.9 Å². The summed E-state index contributed by atoms with van der Waals surface area (Å²) in [5, 5.41) is 0. The summed E-state index contributed by atoms with van der Waals surface area (Å²) in [7, 11) is 3.08. The van der Waals surface area contributed by atoms with Crippen LogP contribution in [0, 0.1) is 11.7 Å². The van der Waals surface area contributed by atoms with Crippen LogP contribution < -0.4 is 9.47 Å². The molecule has 19 heavy (non-hydrogen) atoms. The van der Waals surface area contributed by atoms with Gasteiger partial charge >= 0.3 is 0 Å². The first kappa shape index (κ1) is 14.6. The highest BCUT2D eigenvalue weighted by molar-refractivity contribution is 9.09. The van der Waals surface area contributed by atoms with Crippen LogP contribution in [0.15, 0.2) is 12.1 Å². The standard InChI is InChI=1S/C15H20BrFO2/c1-18-14-8-11(13(17)9-15(14)19-2)12(16)7-10-5-3-4-6-10/h8-10,12H,3-7H2,1-2H3. The Morgan fingerprint density at radius 1 is 1.21 bits per heavy atom. The number of methoxy groups -OCH3 is 2. The van der Waals surface area contributed by atoms with Crippen molar-refractivity contribution in [1.82, 2.24) is 0 Å². The maximum absolute atomic E-state index is 14.1. The highest BCUT2D eigenvalue weighted by atomic mass is 79.9. The van der Waals surface area contributed by atoms with E-state index in [1.807, 2.05) is 0 Å². The molecule has 0 saturated heterocycles. The molecular formula is C15H20BrFO2. The second-order valence-electron chi connectivity index (χ2n) is 5.08. The fourth-order valence-electron chi connectivity index (χ4n) is 2.78. The number of hydrogen-bond acceptors (Lipinski definition) is 2. The Kier molecular flexibility index (Phi) is 5.08. The molecule has 0 N–H and O–H groups in total. The van der Waals surface area contributed by atoms with Gasteiger partial charge in [0.2, 0.25) is 0 Å². The number of alkyl halides is 1. The molecule has 1 saturated carbocycles. The van der Waals surface area contributed by atoms with Crippen molar-refractivity contribution < 1.29 is 13.9 Å². The lowest BCUT2D eigenvalue weighted by Crippen LogP contribution is -2.03. The molecule has 4 heteroatoms. The van der Waals surface area contributed by atoms with Gasteiger partial charge in [-0.1, -0.05) is 41.6 Å². The van der Waals surface area contributed by atoms with E-state index < -0.39 is 0 Å². The van der Waals surface area contributed by atoms with Crippen molar-refractivity contribution in [1.29, 1.82) is 0 Å². The molecule has 2 rings (SSSR count). The predicted octanol–water partition coefficient (Wildman–Crippen LogP) is 4.86. The third kappa shape index (κ3) is 3.41. The molecule has 0 heterocycles. The van der Waals surface area contributed by atoms with Gasteiger partial charge in [-0.25, -0.2) is 4.39 Å². The first-order valence-electron chi connectivity index (χ1n) is 6.71. The average molecular weight is 331 g/mol. The van der Waals surface area contributed by atoms with Crippen molar-refractivity contribution in [2.24, 2.45) is 5.92 Å². The zero-order chi connectivity index (χ0) is 13.8. The Morgan fingerprint density at radius 2 is 1.79 bits per heavy atom. The summed E-state index contributed by atoms with van der Waals surface area (Å²) in [6.07, 6.45) is 6.11. The van der Waals surface area contributed by atoms with E-state index in [9.17, 15) is 4.39 Å². The van der Waals surface area contributed by atoms with Crippen LogP contribution in [0.5, 0.6) is 11.5 Å². The van der Waals surface area contributed by atoms with Crippen molar-refractivity contribution in [3.8, 4) is 11.5 Å². The van der Waals surface area contributed by atoms with Gasteiger partial charge in [0.05, 0.1) is 14.2 Å². The highest BCUT2D eigenvalue weighted by Gasteiger charge is 2.23. The van der Waals surface area contributed by atoms with E-state index in [0.29, 0.717) is 23.0 Å². The molecule has 1 aromatic rings. The maximum Gasteiger partial charge on any atom is 0.163 e. The minimum absolute atomic E-state index is 0.0374. The Labute approximate surface area is 122 Å². The molecule has 0 bridgehead atoms. The lowest BCUT2D eigenvalue weighted by atomic mass is 9.97. The molecule has 2 nitrogen and oxygen atoms in total. The molecule has 1 aliphatic rings. The largest absolute Gasteiger partial charge is 0.493 e.